The summed E-state index contributed by atoms with van der Waals surface area (Å²) in [6.45, 7) is 4.76. The fourth-order valence-electron chi connectivity index (χ4n) is 0.219. The maximum atomic E-state index is 10.2. The van der Waals surface area contributed by atoms with Gasteiger partial charge in [-0.25, -0.2) is 4.79 Å². The summed E-state index contributed by atoms with van der Waals surface area (Å²) < 4.78 is 0. The third kappa shape index (κ3) is 4.03. The molecule has 1 atom stereocenters. The summed E-state index contributed by atoms with van der Waals surface area (Å²) in [6.07, 6.45) is 0. The molecule has 0 aromatic rings. The molecule has 0 saturated heterocycles. The average molecular weight is 144 g/mol. The lowest BCUT2D eigenvalue weighted by molar-refractivity contribution is -0.140. The SMILES string of the molecule is CC(=O)O/N=C(\C)C(C)N. The smallest absolute Gasteiger partial charge is 0.323 e. The Labute approximate surface area is 60.0 Å². The highest BCUT2D eigenvalue weighted by atomic mass is 16.7. The summed E-state index contributed by atoms with van der Waals surface area (Å²) in [7, 11) is 0. The molecule has 4 heteroatoms. The fourth-order valence-corrected chi connectivity index (χ4v) is 0.219. The summed E-state index contributed by atoms with van der Waals surface area (Å²) in [4.78, 5) is 14.5. The first-order valence-electron chi connectivity index (χ1n) is 3.01. The van der Waals surface area contributed by atoms with Gasteiger partial charge in [-0.2, -0.15) is 0 Å². The van der Waals surface area contributed by atoms with Gasteiger partial charge in [0.1, 0.15) is 0 Å². The van der Waals surface area contributed by atoms with Gasteiger partial charge in [0.15, 0.2) is 0 Å². The van der Waals surface area contributed by atoms with Crippen LogP contribution >= 0.6 is 0 Å². The van der Waals surface area contributed by atoms with Crippen molar-refractivity contribution in [2.45, 2.75) is 26.8 Å². The Morgan fingerprint density at radius 1 is 1.60 bits per heavy atom. The van der Waals surface area contributed by atoms with E-state index in [0.717, 1.165) is 0 Å². The van der Waals surface area contributed by atoms with Crippen molar-refractivity contribution in [3.63, 3.8) is 0 Å². The van der Waals surface area contributed by atoms with Crippen LogP contribution in [0.5, 0.6) is 0 Å². The molecular formula is C6H12N2O2. The first kappa shape index (κ1) is 9.10. The van der Waals surface area contributed by atoms with E-state index in [4.69, 9.17) is 5.73 Å². The molecule has 0 aromatic carbocycles. The third-order valence-corrected chi connectivity index (χ3v) is 0.977. The molecule has 0 aromatic heterocycles. The zero-order chi connectivity index (χ0) is 8.15. The van der Waals surface area contributed by atoms with Gasteiger partial charge in [0.2, 0.25) is 0 Å². The van der Waals surface area contributed by atoms with E-state index in [9.17, 15) is 4.79 Å². The molecule has 0 amide bonds. The van der Waals surface area contributed by atoms with Crippen molar-refractivity contribution >= 4 is 11.7 Å². The van der Waals surface area contributed by atoms with Crippen LogP contribution in [0.1, 0.15) is 20.8 Å². The average Bonchev–Trinajstić information content (AvgIpc) is 1.82. The number of nitrogens with zero attached hydrogens (tertiary/aromatic N) is 1. The largest absolute Gasteiger partial charge is 0.331 e. The first-order chi connectivity index (χ1) is 4.54. The fraction of sp³-hybridized carbons (Fsp3) is 0.667. The summed E-state index contributed by atoms with van der Waals surface area (Å²) in [5.41, 5.74) is 6.01. The molecule has 1 unspecified atom stereocenters. The van der Waals surface area contributed by atoms with Crippen LogP contribution in [-0.4, -0.2) is 17.7 Å². The Morgan fingerprint density at radius 2 is 2.10 bits per heavy atom. The van der Waals surface area contributed by atoms with Crippen LogP contribution in [0.25, 0.3) is 0 Å². The second-order valence-corrected chi connectivity index (χ2v) is 2.10. The predicted octanol–water partition coefficient (Wildman–Crippen LogP) is 0.273. The summed E-state index contributed by atoms with van der Waals surface area (Å²) in [5, 5.41) is 3.47. The zero-order valence-electron chi connectivity index (χ0n) is 6.42. The number of oxime groups is 1. The lowest BCUT2D eigenvalue weighted by Gasteiger charge is -2.01. The summed E-state index contributed by atoms with van der Waals surface area (Å²) in [6, 6.07) is -0.167. The quantitative estimate of drug-likeness (QED) is 0.344. The topological polar surface area (TPSA) is 64.7 Å². The van der Waals surface area contributed by atoms with Crippen LogP contribution in [-0.2, 0) is 9.63 Å². The predicted molar refractivity (Wildman–Crippen MR) is 38.5 cm³/mol. The molecule has 0 spiro atoms. The third-order valence-electron chi connectivity index (χ3n) is 0.977. The number of hydrogen-bond donors (Lipinski definition) is 1. The Balaban J connectivity index is 3.80. The Morgan fingerprint density at radius 3 is 2.40 bits per heavy atom. The van der Waals surface area contributed by atoms with Gasteiger partial charge in [0, 0.05) is 13.0 Å². The van der Waals surface area contributed by atoms with Crippen LogP contribution in [0.4, 0.5) is 0 Å². The molecule has 0 heterocycles. The minimum atomic E-state index is -0.431. The summed E-state index contributed by atoms with van der Waals surface area (Å²) in [5.74, 6) is -0.431. The van der Waals surface area contributed by atoms with Crippen LogP contribution in [0, 0.1) is 0 Å². The van der Waals surface area contributed by atoms with Crippen molar-refractivity contribution in [3.05, 3.63) is 0 Å². The Kier molecular flexibility index (Phi) is 3.64. The minimum absolute atomic E-state index is 0.167. The van der Waals surface area contributed by atoms with E-state index in [0.29, 0.717) is 5.71 Å². The maximum absolute atomic E-state index is 10.2. The Bertz CT molecular complexity index is 152. The second kappa shape index (κ2) is 4.00. The van der Waals surface area contributed by atoms with Gasteiger partial charge in [-0.1, -0.05) is 5.16 Å². The highest BCUT2D eigenvalue weighted by molar-refractivity contribution is 5.86. The van der Waals surface area contributed by atoms with Gasteiger partial charge in [-0.3, -0.25) is 0 Å². The lowest BCUT2D eigenvalue weighted by Crippen LogP contribution is -2.24. The number of hydrogen-bond acceptors (Lipinski definition) is 4. The van der Waals surface area contributed by atoms with E-state index in [1.807, 2.05) is 0 Å². The van der Waals surface area contributed by atoms with E-state index in [2.05, 4.69) is 9.99 Å². The number of rotatable bonds is 2. The number of carbonyl (C=O) groups is 1. The molecule has 58 valence electrons. The van der Waals surface area contributed by atoms with Gasteiger partial charge in [-0.15, -0.1) is 0 Å². The monoisotopic (exact) mass is 144 g/mol. The van der Waals surface area contributed by atoms with E-state index in [-0.39, 0.29) is 6.04 Å². The van der Waals surface area contributed by atoms with Gasteiger partial charge < -0.3 is 10.6 Å². The highest BCUT2D eigenvalue weighted by Gasteiger charge is 1.98. The van der Waals surface area contributed by atoms with Gasteiger partial charge >= 0.3 is 5.97 Å². The molecule has 10 heavy (non-hydrogen) atoms. The molecular weight excluding hydrogens is 132 g/mol. The van der Waals surface area contributed by atoms with Crippen molar-refractivity contribution < 1.29 is 9.63 Å². The van der Waals surface area contributed by atoms with Gasteiger partial charge in [0.25, 0.3) is 0 Å². The first-order valence-corrected chi connectivity index (χ1v) is 3.01. The maximum Gasteiger partial charge on any atom is 0.331 e. The van der Waals surface area contributed by atoms with Crippen molar-refractivity contribution in [1.29, 1.82) is 0 Å². The Hall–Kier alpha value is -0.900. The molecule has 0 aliphatic heterocycles. The van der Waals surface area contributed by atoms with Crippen LogP contribution in [0.2, 0.25) is 0 Å². The molecule has 2 N–H and O–H groups in total. The van der Waals surface area contributed by atoms with E-state index < -0.39 is 5.97 Å². The standard InChI is InChI=1S/C6H12N2O2/c1-4(7)5(2)8-10-6(3)9/h4H,7H2,1-3H3/b8-5+. The minimum Gasteiger partial charge on any atom is -0.323 e. The lowest BCUT2D eigenvalue weighted by atomic mass is 10.2. The molecule has 0 fully saturated rings. The van der Waals surface area contributed by atoms with Crippen LogP contribution in [0.15, 0.2) is 5.16 Å². The molecule has 0 rings (SSSR count). The number of carbonyl (C=O) groups excluding carboxylic acids is 1. The molecule has 0 aliphatic rings. The van der Waals surface area contributed by atoms with E-state index in [1.54, 1.807) is 13.8 Å². The van der Waals surface area contributed by atoms with Crippen LogP contribution < -0.4 is 5.73 Å². The molecule has 0 bridgehead atoms. The second-order valence-electron chi connectivity index (χ2n) is 2.10. The van der Waals surface area contributed by atoms with Crippen molar-refractivity contribution in [2.75, 3.05) is 0 Å². The van der Waals surface area contributed by atoms with E-state index in [1.165, 1.54) is 6.92 Å². The van der Waals surface area contributed by atoms with Crippen molar-refractivity contribution in [3.8, 4) is 0 Å². The van der Waals surface area contributed by atoms with Crippen LogP contribution in [0.3, 0.4) is 0 Å². The number of nitrogens with two attached hydrogens (primary N) is 1. The summed E-state index contributed by atoms with van der Waals surface area (Å²) >= 11 is 0. The molecule has 4 nitrogen and oxygen atoms in total. The highest BCUT2D eigenvalue weighted by Crippen LogP contribution is 1.85. The van der Waals surface area contributed by atoms with Crippen molar-refractivity contribution in [1.82, 2.24) is 0 Å². The van der Waals surface area contributed by atoms with Crippen molar-refractivity contribution in [2.24, 2.45) is 10.9 Å². The molecule has 0 saturated carbocycles. The zero-order valence-corrected chi connectivity index (χ0v) is 6.42. The van der Waals surface area contributed by atoms with Gasteiger partial charge in [-0.05, 0) is 13.8 Å². The normalized spacial score (nSPS) is 14.6. The molecule has 0 radical (unpaired) electrons. The molecule has 0 aliphatic carbocycles. The van der Waals surface area contributed by atoms with E-state index >= 15 is 0 Å². The van der Waals surface area contributed by atoms with Gasteiger partial charge in [0.05, 0.1) is 5.71 Å².